The Kier molecular flexibility index (Phi) is 11.2. The Morgan fingerprint density at radius 2 is 1.68 bits per heavy atom. The third-order valence-corrected chi connectivity index (χ3v) is 9.12. The highest BCUT2D eigenvalue weighted by Crippen LogP contribution is 2.31. The number of carbonyl (C=O) groups is 3. The summed E-state index contributed by atoms with van der Waals surface area (Å²) >= 11 is 12.7. The van der Waals surface area contributed by atoms with Crippen LogP contribution in [0.5, 0.6) is 11.5 Å². The number of pyridine rings is 1. The number of nitrogens with one attached hydrogen (secondary N) is 2. The summed E-state index contributed by atoms with van der Waals surface area (Å²) in [6.45, 7) is 9.67. The average molecular weight is 761 g/mol. The molecule has 0 unspecified atom stereocenters. The first-order chi connectivity index (χ1) is 25.0. The van der Waals surface area contributed by atoms with E-state index in [0.717, 1.165) is 21.7 Å². The Morgan fingerprint density at radius 1 is 0.981 bits per heavy atom. The molecule has 5 rings (SSSR count). The maximum Gasteiger partial charge on any atom is 0.321 e. The summed E-state index contributed by atoms with van der Waals surface area (Å²) in [5, 5.41) is 20.3. The van der Waals surface area contributed by atoms with Gasteiger partial charge in [0.1, 0.15) is 28.9 Å². The van der Waals surface area contributed by atoms with E-state index in [1.165, 1.54) is 23.7 Å². The van der Waals surface area contributed by atoms with Gasteiger partial charge in [-0.2, -0.15) is 5.10 Å². The number of anilines is 1. The lowest BCUT2D eigenvalue weighted by Gasteiger charge is -2.18. The van der Waals surface area contributed by atoms with Crippen molar-refractivity contribution in [2.45, 2.75) is 53.2 Å². The molecular formula is C38H39Cl2N7O6. The number of aromatic nitrogens is 3. The van der Waals surface area contributed by atoms with Crippen LogP contribution in [0, 0.1) is 13.8 Å². The molecule has 0 saturated heterocycles. The summed E-state index contributed by atoms with van der Waals surface area (Å²) in [7, 11) is 1.27. The molecule has 2 heterocycles. The van der Waals surface area contributed by atoms with Crippen LogP contribution in [0.3, 0.4) is 0 Å². The van der Waals surface area contributed by atoms with Gasteiger partial charge in [-0.1, -0.05) is 74.3 Å². The molecule has 276 valence electrons. The van der Waals surface area contributed by atoms with Crippen LogP contribution in [-0.2, 0) is 18.6 Å². The number of nitrogens with two attached hydrogens (primary N) is 1. The normalized spacial score (nSPS) is 11.2. The van der Waals surface area contributed by atoms with Crippen LogP contribution < -0.4 is 26.7 Å². The van der Waals surface area contributed by atoms with E-state index in [0.29, 0.717) is 28.5 Å². The summed E-state index contributed by atoms with van der Waals surface area (Å²) in [5.41, 5.74) is 8.91. The van der Waals surface area contributed by atoms with Crippen LogP contribution in [0.4, 0.5) is 15.4 Å². The summed E-state index contributed by atoms with van der Waals surface area (Å²) in [4.78, 5) is 51.9. The molecule has 2 aromatic heterocycles. The van der Waals surface area contributed by atoms with E-state index in [4.69, 9.17) is 33.7 Å². The zero-order chi connectivity index (χ0) is 38.8. The number of urea groups is 2. The summed E-state index contributed by atoms with van der Waals surface area (Å²) in [5.74, 6) is -0.140. The van der Waals surface area contributed by atoms with Gasteiger partial charge < -0.3 is 20.9 Å². The second-order valence-corrected chi connectivity index (χ2v) is 14.2. The van der Waals surface area contributed by atoms with Crippen molar-refractivity contribution in [1.29, 1.82) is 0 Å². The van der Waals surface area contributed by atoms with E-state index in [9.17, 15) is 24.3 Å². The van der Waals surface area contributed by atoms with Crippen molar-refractivity contribution in [2.24, 2.45) is 5.73 Å². The van der Waals surface area contributed by atoms with E-state index in [-0.39, 0.29) is 45.7 Å². The van der Waals surface area contributed by atoms with Gasteiger partial charge in [0.25, 0.3) is 11.5 Å². The van der Waals surface area contributed by atoms with Crippen LogP contribution >= 0.6 is 23.2 Å². The number of aromatic hydroxyl groups is 1. The predicted octanol–water partition coefficient (Wildman–Crippen LogP) is 7.00. The van der Waals surface area contributed by atoms with Gasteiger partial charge in [0.15, 0.2) is 0 Å². The molecule has 5 N–H and O–H groups in total. The number of phenols is 1. The van der Waals surface area contributed by atoms with E-state index < -0.39 is 23.5 Å². The number of carbonyl (C=O) groups excluding carboxylic acids is 3. The molecule has 13 nitrogen and oxygen atoms in total. The molecule has 0 aliphatic rings. The smallest absolute Gasteiger partial charge is 0.321 e. The number of hydrogen-bond acceptors (Lipinski definition) is 7. The van der Waals surface area contributed by atoms with Crippen molar-refractivity contribution in [3.05, 3.63) is 127 Å². The molecule has 0 atom stereocenters. The lowest BCUT2D eigenvalue weighted by Crippen LogP contribution is -2.37. The summed E-state index contributed by atoms with van der Waals surface area (Å²) in [6, 6.07) is 18.7. The molecule has 0 aliphatic heterocycles. The van der Waals surface area contributed by atoms with Crippen LogP contribution in [0.1, 0.15) is 59.2 Å². The van der Waals surface area contributed by atoms with E-state index >= 15 is 0 Å². The summed E-state index contributed by atoms with van der Waals surface area (Å²) in [6.07, 6.45) is 0. The van der Waals surface area contributed by atoms with Crippen molar-refractivity contribution >= 4 is 47.0 Å². The molecule has 5 aromatic rings. The van der Waals surface area contributed by atoms with Gasteiger partial charge in [-0.3, -0.25) is 24.4 Å². The minimum absolute atomic E-state index is 0.0356. The topological polar surface area (TPSA) is 174 Å². The second kappa shape index (κ2) is 15.4. The Morgan fingerprint density at radius 3 is 2.34 bits per heavy atom. The molecule has 0 spiro atoms. The van der Waals surface area contributed by atoms with E-state index in [1.807, 2.05) is 45.0 Å². The molecule has 15 heteroatoms. The third-order valence-electron chi connectivity index (χ3n) is 8.47. The van der Waals surface area contributed by atoms with Crippen LogP contribution in [0.2, 0.25) is 10.0 Å². The van der Waals surface area contributed by atoms with Crippen LogP contribution in [0.25, 0.3) is 11.4 Å². The van der Waals surface area contributed by atoms with Gasteiger partial charge in [-0.05, 0) is 60.9 Å². The number of hydrogen-bond donors (Lipinski definition) is 4. The molecule has 0 fully saturated rings. The quantitative estimate of drug-likeness (QED) is 0.125. The third kappa shape index (κ3) is 8.48. The van der Waals surface area contributed by atoms with Crippen molar-refractivity contribution < 1.29 is 24.2 Å². The van der Waals surface area contributed by atoms with Crippen molar-refractivity contribution in [2.75, 3.05) is 12.4 Å². The largest absolute Gasteiger partial charge is 0.506 e. The van der Waals surface area contributed by atoms with Gasteiger partial charge in [0.2, 0.25) is 0 Å². The SMILES string of the molecule is Cc1ccc(C(=O)N(C)C(N)=O)cc1-n1c(C)cc(OCc2ccccc2CNC(=O)Nc2cc(C(C)(C)C)nn2-c2ccc(O)c(Cl)c2)c(Cl)c1=O. The van der Waals surface area contributed by atoms with Gasteiger partial charge in [-0.25, -0.2) is 14.3 Å². The highest BCUT2D eigenvalue weighted by atomic mass is 35.5. The van der Waals surface area contributed by atoms with Gasteiger partial charge in [-0.15, -0.1) is 0 Å². The number of phenolic OH excluding ortho intramolecular Hbond substituents is 1. The van der Waals surface area contributed by atoms with Gasteiger partial charge >= 0.3 is 12.1 Å². The summed E-state index contributed by atoms with van der Waals surface area (Å²) < 4.78 is 8.98. The fourth-order valence-electron chi connectivity index (χ4n) is 5.39. The molecule has 0 radical (unpaired) electrons. The average Bonchev–Trinajstić information content (AvgIpc) is 3.54. The lowest BCUT2D eigenvalue weighted by molar-refractivity contribution is 0.0838. The van der Waals surface area contributed by atoms with Crippen molar-refractivity contribution in [3.8, 4) is 22.9 Å². The number of imide groups is 1. The molecular weight excluding hydrogens is 721 g/mol. The Labute approximate surface area is 315 Å². The maximum absolute atomic E-state index is 13.6. The van der Waals surface area contributed by atoms with Crippen molar-refractivity contribution in [1.82, 2.24) is 24.6 Å². The Bertz CT molecular complexity index is 2290. The number of primary amides is 1. The minimum atomic E-state index is -0.911. The number of benzene rings is 3. The number of rotatable bonds is 9. The molecule has 5 amide bonds. The highest BCUT2D eigenvalue weighted by molar-refractivity contribution is 6.32. The van der Waals surface area contributed by atoms with Crippen LogP contribution in [-0.4, -0.2) is 49.4 Å². The second-order valence-electron chi connectivity index (χ2n) is 13.4. The van der Waals surface area contributed by atoms with Crippen molar-refractivity contribution in [3.63, 3.8) is 0 Å². The number of aryl methyl sites for hydroxylation is 2. The zero-order valence-corrected chi connectivity index (χ0v) is 31.5. The first-order valence-corrected chi connectivity index (χ1v) is 17.2. The highest BCUT2D eigenvalue weighted by Gasteiger charge is 2.23. The van der Waals surface area contributed by atoms with E-state index in [2.05, 4.69) is 15.7 Å². The maximum atomic E-state index is 13.6. The number of nitrogens with zero attached hydrogens (tertiary/aromatic N) is 4. The van der Waals surface area contributed by atoms with Crippen LogP contribution in [0.15, 0.2) is 77.6 Å². The molecule has 53 heavy (non-hydrogen) atoms. The fraction of sp³-hybridized carbons (Fsp3) is 0.237. The molecule has 0 bridgehead atoms. The molecule has 3 aromatic carbocycles. The Balaban J connectivity index is 1.32. The first kappa shape index (κ1) is 38.4. The minimum Gasteiger partial charge on any atom is -0.506 e. The number of amides is 5. The predicted molar refractivity (Wildman–Crippen MR) is 204 cm³/mol. The standard InChI is InChI=1S/C38H39Cl2N7O6/c1-21-11-12-23(34(49)45(6)36(41)51)16-28(21)46-22(2)15-30(33(40)35(46)50)53-20-25-10-8-7-9-24(25)19-42-37(52)43-32-18-31(38(3,4)5)44-47(32)26-13-14-29(48)27(39)17-26/h7-18,48H,19-20H2,1-6H3,(H2,41,51)(H2,42,43,52). The monoisotopic (exact) mass is 759 g/mol. The van der Waals surface area contributed by atoms with Gasteiger partial charge in [0, 0.05) is 42.4 Å². The number of ether oxygens (including phenoxy) is 1. The fourth-order valence-corrected chi connectivity index (χ4v) is 5.75. The number of halogens is 2. The Hall–Kier alpha value is -5.79. The molecule has 0 saturated carbocycles. The van der Waals surface area contributed by atoms with E-state index in [1.54, 1.807) is 54.9 Å². The zero-order valence-electron chi connectivity index (χ0n) is 30.0. The van der Waals surface area contributed by atoms with Gasteiger partial charge in [0.05, 0.1) is 22.1 Å². The molecule has 0 aliphatic carbocycles. The first-order valence-electron chi connectivity index (χ1n) is 16.4. The lowest BCUT2D eigenvalue weighted by atomic mass is 9.92.